The molecule has 96 valence electrons. The molecule has 0 unspecified atom stereocenters. The van der Waals surface area contributed by atoms with Gasteiger partial charge in [0, 0.05) is 25.9 Å². The molecule has 2 aliphatic heterocycles. The average molecular weight is 238 g/mol. The minimum atomic E-state index is -0.273. The molecule has 0 aromatic rings. The van der Waals surface area contributed by atoms with E-state index >= 15 is 0 Å². The van der Waals surface area contributed by atoms with Gasteiger partial charge in [-0.05, 0) is 32.0 Å². The maximum absolute atomic E-state index is 11.4. The summed E-state index contributed by atoms with van der Waals surface area (Å²) >= 11 is 0. The zero-order valence-corrected chi connectivity index (χ0v) is 10.6. The third-order valence-corrected chi connectivity index (χ3v) is 3.92. The second-order valence-corrected chi connectivity index (χ2v) is 4.94. The molecule has 0 saturated carbocycles. The zero-order chi connectivity index (χ0) is 12.3. The molecule has 2 saturated heterocycles. The first-order valence-corrected chi connectivity index (χ1v) is 6.50. The van der Waals surface area contributed by atoms with Gasteiger partial charge in [-0.2, -0.15) is 0 Å². The van der Waals surface area contributed by atoms with Gasteiger partial charge in [-0.15, -0.1) is 0 Å². The van der Waals surface area contributed by atoms with Gasteiger partial charge in [-0.25, -0.2) is 0 Å². The highest BCUT2D eigenvalue weighted by atomic mass is 16.6. The third-order valence-electron chi connectivity index (χ3n) is 3.92. The average Bonchev–Trinajstić information content (AvgIpc) is 2.65. The van der Waals surface area contributed by atoms with E-state index in [1.54, 1.807) is 0 Å². The van der Waals surface area contributed by atoms with E-state index < -0.39 is 0 Å². The van der Waals surface area contributed by atoms with Crippen LogP contribution in [0.15, 0.2) is 11.6 Å². The van der Waals surface area contributed by atoms with Gasteiger partial charge in [0.25, 0.3) is 0 Å². The van der Waals surface area contributed by atoms with Crippen LogP contribution in [0.1, 0.15) is 32.6 Å². The second kappa shape index (κ2) is 5.19. The van der Waals surface area contributed by atoms with Crippen molar-refractivity contribution in [2.24, 2.45) is 5.73 Å². The molecule has 2 fully saturated rings. The molecule has 0 aliphatic carbocycles. The molecule has 2 N–H and O–H groups in total. The first-order chi connectivity index (χ1) is 8.20. The Morgan fingerprint density at radius 3 is 2.76 bits per heavy atom. The van der Waals surface area contributed by atoms with Gasteiger partial charge in [0.15, 0.2) is 0 Å². The summed E-state index contributed by atoms with van der Waals surface area (Å²) in [7, 11) is 0. The van der Waals surface area contributed by atoms with Crippen molar-refractivity contribution in [3.8, 4) is 0 Å². The molecule has 0 radical (unpaired) electrons. The summed E-state index contributed by atoms with van der Waals surface area (Å²) in [6.45, 7) is 5.82. The molecule has 1 spiro atoms. The lowest BCUT2D eigenvalue weighted by Gasteiger charge is -2.38. The Hall–Kier alpha value is -0.870. The number of hydrogen-bond acceptors (Lipinski definition) is 4. The van der Waals surface area contributed by atoms with Crippen LogP contribution in [0, 0.1) is 0 Å². The first-order valence-electron chi connectivity index (χ1n) is 6.50. The number of likely N-dealkylation sites (tertiary alicyclic amines) is 1. The van der Waals surface area contributed by atoms with Crippen LogP contribution in [0.3, 0.4) is 0 Å². The largest absolute Gasteiger partial charge is 0.454 e. The summed E-state index contributed by atoms with van der Waals surface area (Å²) in [5, 5.41) is 0. The van der Waals surface area contributed by atoms with Crippen molar-refractivity contribution >= 4 is 5.97 Å². The predicted molar refractivity (Wildman–Crippen MR) is 66.5 cm³/mol. The third kappa shape index (κ3) is 2.53. The number of carbonyl (C=O) groups excluding carboxylic acids is 1. The van der Waals surface area contributed by atoms with Crippen LogP contribution in [0.5, 0.6) is 0 Å². The number of rotatable bonds is 3. The highest BCUT2D eigenvalue weighted by Crippen LogP contribution is 2.40. The van der Waals surface area contributed by atoms with Crippen molar-refractivity contribution in [1.29, 1.82) is 0 Å². The first kappa shape index (κ1) is 12.6. The van der Waals surface area contributed by atoms with Gasteiger partial charge in [-0.3, -0.25) is 4.79 Å². The van der Waals surface area contributed by atoms with Crippen LogP contribution in [-0.4, -0.2) is 42.6 Å². The number of ether oxygens (including phenoxy) is 1. The Morgan fingerprint density at radius 2 is 2.18 bits per heavy atom. The second-order valence-electron chi connectivity index (χ2n) is 4.94. The number of carbonyl (C=O) groups is 1. The maximum Gasteiger partial charge on any atom is 0.310 e. The fourth-order valence-electron chi connectivity index (χ4n) is 2.88. The van der Waals surface area contributed by atoms with Gasteiger partial charge in [-0.1, -0.05) is 6.08 Å². The lowest BCUT2D eigenvalue weighted by molar-refractivity contribution is -0.150. The van der Waals surface area contributed by atoms with Crippen molar-refractivity contribution in [2.45, 2.75) is 38.2 Å². The lowest BCUT2D eigenvalue weighted by atomic mass is 9.84. The predicted octanol–water partition coefficient (Wildman–Crippen LogP) is 1.06. The van der Waals surface area contributed by atoms with E-state index in [2.05, 4.69) is 11.0 Å². The molecule has 2 rings (SSSR count). The van der Waals surface area contributed by atoms with E-state index in [-0.39, 0.29) is 11.6 Å². The summed E-state index contributed by atoms with van der Waals surface area (Å²) in [5.74, 6) is -0.0616. The monoisotopic (exact) mass is 238 g/mol. The van der Waals surface area contributed by atoms with Gasteiger partial charge in [0.2, 0.25) is 0 Å². The molecule has 0 amide bonds. The molecular weight excluding hydrogens is 216 g/mol. The van der Waals surface area contributed by atoms with E-state index in [1.807, 2.05) is 6.92 Å². The number of esters is 1. The normalized spacial score (nSPS) is 26.7. The summed E-state index contributed by atoms with van der Waals surface area (Å²) in [4.78, 5) is 13.9. The van der Waals surface area contributed by atoms with Crippen LogP contribution < -0.4 is 5.73 Å². The van der Waals surface area contributed by atoms with E-state index in [4.69, 9.17) is 10.5 Å². The summed E-state index contributed by atoms with van der Waals surface area (Å²) in [5.41, 5.74) is 6.43. The van der Waals surface area contributed by atoms with Gasteiger partial charge in [0.05, 0.1) is 6.42 Å². The molecule has 2 aliphatic rings. The smallest absolute Gasteiger partial charge is 0.310 e. The molecule has 0 bridgehead atoms. The minimum absolute atomic E-state index is 0.0616. The van der Waals surface area contributed by atoms with E-state index in [9.17, 15) is 4.79 Å². The molecule has 0 aromatic heterocycles. The summed E-state index contributed by atoms with van der Waals surface area (Å²) in [6.07, 6.45) is 5.45. The van der Waals surface area contributed by atoms with Gasteiger partial charge in [0.1, 0.15) is 5.60 Å². The quantitative estimate of drug-likeness (QED) is 0.590. The molecule has 0 aromatic carbocycles. The van der Waals surface area contributed by atoms with Crippen LogP contribution >= 0.6 is 0 Å². The Labute approximate surface area is 103 Å². The molecule has 4 heteroatoms. The zero-order valence-electron chi connectivity index (χ0n) is 10.6. The van der Waals surface area contributed by atoms with E-state index in [0.717, 1.165) is 45.4 Å². The highest BCUT2D eigenvalue weighted by molar-refractivity contribution is 5.77. The lowest BCUT2D eigenvalue weighted by Crippen LogP contribution is -2.45. The molecule has 4 nitrogen and oxygen atoms in total. The van der Waals surface area contributed by atoms with Gasteiger partial charge < -0.3 is 15.4 Å². The number of piperidine rings is 1. The standard InChI is InChI=1S/C13H22N2O2/c1-2-11-10-12(16)17-13(11)4-8-15(9-5-13)7-3-6-14/h2H,3-10,14H2,1H3/b11-2+. The number of nitrogens with two attached hydrogens (primary N) is 1. The topological polar surface area (TPSA) is 55.6 Å². The minimum Gasteiger partial charge on any atom is -0.454 e. The Bertz CT molecular complexity index is 317. The van der Waals surface area contributed by atoms with Crippen molar-refractivity contribution in [2.75, 3.05) is 26.2 Å². The van der Waals surface area contributed by atoms with Crippen LogP contribution in [0.25, 0.3) is 0 Å². The summed E-state index contributed by atoms with van der Waals surface area (Å²) in [6, 6.07) is 0. The maximum atomic E-state index is 11.4. The molecule has 0 atom stereocenters. The molecular formula is C13H22N2O2. The van der Waals surface area contributed by atoms with Crippen LogP contribution in [0.4, 0.5) is 0 Å². The number of nitrogens with zero attached hydrogens (tertiary/aromatic N) is 1. The van der Waals surface area contributed by atoms with Crippen molar-refractivity contribution in [3.05, 3.63) is 11.6 Å². The van der Waals surface area contributed by atoms with E-state index in [1.165, 1.54) is 5.57 Å². The van der Waals surface area contributed by atoms with Crippen molar-refractivity contribution in [3.63, 3.8) is 0 Å². The number of hydrogen-bond donors (Lipinski definition) is 1. The number of allylic oxidation sites excluding steroid dienone is 1. The fourth-order valence-corrected chi connectivity index (χ4v) is 2.88. The fraction of sp³-hybridized carbons (Fsp3) is 0.769. The van der Waals surface area contributed by atoms with Crippen molar-refractivity contribution in [1.82, 2.24) is 4.90 Å². The van der Waals surface area contributed by atoms with Crippen LogP contribution in [0.2, 0.25) is 0 Å². The van der Waals surface area contributed by atoms with Crippen LogP contribution in [-0.2, 0) is 9.53 Å². The highest BCUT2D eigenvalue weighted by Gasteiger charge is 2.46. The summed E-state index contributed by atoms with van der Waals surface area (Å²) < 4.78 is 5.59. The van der Waals surface area contributed by atoms with Crippen molar-refractivity contribution < 1.29 is 9.53 Å². The Morgan fingerprint density at radius 1 is 1.47 bits per heavy atom. The van der Waals surface area contributed by atoms with E-state index in [0.29, 0.717) is 6.42 Å². The van der Waals surface area contributed by atoms with Gasteiger partial charge >= 0.3 is 5.97 Å². The Kier molecular flexibility index (Phi) is 3.84. The molecule has 17 heavy (non-hydrogen) atoms. The SMILES string of the molecule is C/C=C1\CC(=O)OC12CCN(CCCN)CC2. The molecule has 2 heterocycles. The Balaban J connectivity index is 1.95.